The smallest absolute Gasteiger partial charge is 0.264 e. The first-order valence-corrected chi connectivity index (χ1v) is 17.9. The first kappa shape index (κ1) is 36.6. The zero-order valence-corrected chi connectivity index (χ0v) is 29.8. The number of nitrogens with zero attached hydrogens (tertiary/aromatic N) is 2. The Hall–Kier alpha value is -3.27. The van der Waals surface area contributed by atoms with Crippen LogP contribution in [0.1, 0.15) is 36.5 Å². The van der Waals surface area contributed by atoms with E-state index in [1.54, 1.807) is 30.3 Å². The first-order valence-electron chi connectivity index (χ1n) is 15.0. The number of rotatable bonds is 14. The fourth-order valence-corrected chi connectivity index (χ4v) is 7.32. The van der Waals surface area contributed by atoms with Gasteiger partial charge in [0.15, 0.2) is 0 Å². The minimum absolute atomic E-state index is 0.0302. The Morgan fingerprint density at radius 2 is 1.49 bits per heavy atom. The maximum atomic E-state index is 14.6. The van der Waals surface area contributed by atoms with Crippen molar-refractivity contribution in [2.24, 2.45) is 0 Å². The summed E-state index contributed by atoms with van der Waals surface area (Å²) < 4.78 is 29.4. The fourth-order valence-electron chi connectivity index (χ4n) is 4.94. The van der Waals surface area contributed by atoms with Crippen molar-refractivity contribution in [3.8, 4) is 0 Å². The quantitative estimate of drug-likeness (QED) is 0.132. The summed E-state index contributed by atoms with van der Waals surface area (Å²) in [6, 6.07) is 23.7. The minimum atomic E-state index is -4.32. The molecule has 0 saturated heterocycles. The van der Waals surface area contributed by atoms with E-state index in [-0.39, 0.29) is 39.5 Å². The maximum Gasteiger partial charge on any atom is 0.264 e. The summed E-state index contributed by atoms with van der Waals surface area (Å²) in [5, 5.41) is 4.03. The van der Waals surface area contributed by atoms with Crippen LogP contribution in [-0.4, -0.2) is 44.3 Å². The van der Waals surface area contributed by atoms with Gasteiger partial charge in [-0.05, 0) is 66.9 Å². The van der Waals surface area contributed by atoms with Gasteiger partial charge in [-0.1, -0.05) is 114 Å². The highest BCUT2D eigenvalue weighted by molar-refractivity contribution is 7.92. The van der Waals surface area contributed by atoms with Crippen LogP contribution in [-0.2, 0) is 32.6 Å². The molecule has 12 heteroatoms. The number of unbranched alkanes of at least 4 members (excludes halogenated alkanes) is 1. The Balaban J connectivity index is 1.83. The molecular formula is C35H35Cl4N3O4S. The zero-order chi connectivity index (χ0) is 34.1. The molecule has 0 fully saturated rings. The van der Waals surface area contributed by atoms with Gasteiger partial charge in [0, 0.05) is 39.6 Å². The van der Waals surface area contributed by atoms with Crippen molar-refractivity contribution in [1.29, 1.82) is 0 Å². The predicted octanol–water partition coefficient (Wildman–Crippen LogP) is 8.36. The van der Waals surface area contributed by atoms with Gasteiger partial charge in [0.05, 0.1) is 10.6 Å². The number of carbonyl (C=O) groups excluding carboxylic acids is 2. The summed E-state index contributed by atoms with van der Waals surface area (Å²) in [4.78, 5) is 29.8. The van der Waals surface area contributed by atoms with Crippen molar-refractivity contribution >= 4 is 73.9 Å². The third-order valence-corrected chi connectivity index (χ3v) is 10.3. The lowest BCUT2D eigenvalue weighted by Gasteiger charge is -2.34. The molecule has 1 atom stereocenters. The van der Waals surface area contributed by atoms with Crippen molar-refractivity contribution in [2.75, 3.05) is 17.4 Å². The summed E-state index contributed by atoms with van der Waals surface area (Å²) in [7, 11) is -4.32. The molecule has 4 aromatic carbocycles. The average molecular weight is 736 g/mol. The van der Waals surface area contributed by atoms with Crippen LogP contribution in [0.3, 0.4) is 0 Å². The van der Waals surface area contributed by atoms with Crippen molar-refractivity contribution in [3.05, 3.63) is 128 Å². The number of sulfonamides is 1. The summed E-state index contributed by atoms with van der Waals surface area (Å²) in [6.07, 6.45) is 1.78. The third-order valence-electron chi connectivity index (χ3n) is 7.48. The van der Waals surface area contributed by atoms with Crippen molar-refractivity contribution in [3.63, 3.8) is 0 Å². The van der Waals surface area contributed by atoms with Crippen LogP contribution in [0.25, 0.3) is 0 Å². The number of nitrogens with one attached hydrogen (secondary N) is 1. The lowest BCUT2D eigenvalue weighted by atomic mass is 10.0. The second-order valence-corrected chi connectivity index (χ2v) is 14.6. The lowest BCUT2D eigenvalue weighted by molar-refractivity contribution is -0.140. The van der Waals surface area contributed by atoms with E-state index in [9.17, 15) is 18.0 Å². The van der Waals surface area contributed by atoms with Crippen LogP contribution in [0.4, 0.5) is 5.69 Å². The van der Waals surface area contributed by atoms with E-state index in [0.717, 1.165) is 28.3 Å². The molecule has 0 spiro atoms. The molecule has 0 aromatic heterocycles. The molecular weight excluding hydrogens is 700 g/mol. The average Bonchev–Trinajstić information content (AvgIpc) is 3.02. The van der Waals surface area contributed by atoms with Gasteiger partial charge in [0.25, 0.3) is 10.0 Å². The topological polar surface area (TPSA) is 86.8 Å². The molecule has 1 unspecified atom stereocenters. The monoisotopic (exact) mass is 733 g/mol. The molecule has 0 saturated carbocycles. The number of anilines is 1. The molecule has 2 amide bonds. The van der Waals surface area contributed by atoms with E-state index >= 15 is 0 Å². The van der Waals surface area contributed by atoms with Crippen molar-refractivity contribution in [1.82, 2.24) is 10.2 Å². The van der Waals surface area contributed by atoms with Crippen molar-refractivity contribution < 1.29 is 18.0 Å². The standard InChI is InChI=1S/C35H35Cl4N3O4S/c1-3-4-16-40-35(44)33(17-25-8-6-5-7-9-25)41(22-26-12-13-27(36)21-32(26)39)34(43)23-42(30-19-28(37)18-29(38)20-30)47(45,46)31-14-10-24(2)11-15-31/h5-15,18-21,33H,3-4,16-17,22-23H2,1-2H3,(H,40,44). The van der Waals surface area contributed by atoms with Gasteiger partial charge in [0.1, 0.15) is 12.6 Å². The highest BCUT2D eigenvalue weighted by Gasteiger charge is 2.35. The SMILES string of the molecule is CCCCNC(=O)C(Cc1ccccc1)N(Cc1ccc(Cl)cc1Cl)C(=O)CN(c1cc(Cl)cc(Cl)c1)S(=O)(=O)c1ccc(C)cc1. The van der Waals surface area contributed by atoms with Gasteiger partial charge in [-0.15, -0.1) is 0 Å². The van der Waals surface area contributed by atoms with E-state index in [4.69, 9.17) is 46.4 Å². The highest BCUT2D eigenvalue weighted by atomic mass is 35.5. The number of hydrogen-bond acceptors (Lipinski definition) is 4. The van der Waals surface area contributed by atoms with E-state index in [2.05, 4.69) is 5.32 Å². The van der Waals surface area contributed by atoms with Crippen molar-refractivity contribution in [2.45, 2.75) is 50.6 Å². The Morgan fingerprint density at radius 3 is 2.11 bits per heavy atom. The predicted molar refractivity (Wildman–Crippen MR) is 191 cm³/mol. The lowest BCUT2D eigenvalue weighted by Crippen LogP contribution is -2.53. The number of halogens is 4. The molecule has 4 rings (SSSR count). The van der Waals surface area contributed by atoms with E-state index in [1.165, 1.54) is 35.2 Å². The van der Waals surface area contributed by atoms with Gasteiger partial charge in [-0.2, -0.15) is 0 Å². The van der Waals surface area contributed by atoms with Crippen LogP contribution in [0, 0.1) is 6.92 Å². The molecule has 0 heterocycles. The Bertz CT molecular complexity index is 1790. The van der Waals surface area contributed by atoms with Crippen LogP contribution < -0.4 is 9.62 Å². The molecule has 4 aromatic rings. The largest absolute Gasteiger partial charge is 0.354 e. The normalized spacial score (nSPS) is 12.0. The molecule has 0 bridgehead atoms. The zero-order valence-electron chi connectivity index (χ0n) is 25.9. The fraction of sp³-hybridized carbons (Fsp3) is 0.257. The number of hydrogen-bond donors (Lipinski definition) is 1. The molecule has 248 valence electrons. The summed E-state index contributed by atoms with van der Waals surface area (Å²) in [6.45, 7) is 3.51. The van der Waals surface area contributed by atoms with Crippen LogP contribution in [0.5, 0.6) is 0 Å². The highest BCUT2D eigenvalue weighted by Crippen LogP contribution is 2.31. The molecule has 47 heavy (non-hydrogen) atoms. The van der Waals surface area contributed by atoms with E-state index < -0.39 is 28.5 Å². The molecule has 7 nitrogen and oxygen atoms in total. The Labute approximate surface area is 296 Å². The van der Waals surface area contributed by atoms with Crippen LogP contribution >= 0.6 is 46.4 Å². The van der Waals surface area contributed by atoms with E-state index in [1.807, 2.05) is 44.2 Å². The Morgan fingerprint density at radius 1 is 0.830 bits per heavy atom. The third kappa shape index (κ3) is 9.87. The maximum absolute atomic E-state index is 14.6. The molecule has 0 aliphatic heterocycles. The van der Waals surface area contributed by atoms with E-state index in [0.29, 0.717) is 22.2 Å². The van der Waals surface area contributed by atoms with Gasteiger partial charge < -0.3 is 10.2 Å². The summed E-state index contributed by atoms with van der Waals surface area (Å²) in [5.41, 5.74) is 2.30. The number of carbonyl (C=O) groups is 2. The molecule has 1 N–H and O–H groups in total. The second-order valence-electron chi connectivity index (χ2n) is 11.1. The van der Waals surface area contributed by atoms with Gasteiger partial charge in [-0.3, -0.25) is 13.9 Å². The van der Waals surface area contributed by atoms with Gasteiger partial charge in [-0.25, -0.2) is 8.42 Å². The molecule has 0 aliphatic rings. The summed E-state index contributed by atoms with van der Waals surface area (Å²) >= 11 is 25.4. The summed E-state index contributed by atoms with van der Waals surface area (Å²) in [5.74, 6) is -1.02. The molecule has 0 aliphatic carbocycles. The molecule has 0 radical (unpaired) electrons. The first-order chi connectivity index (χ1) is 22.4. The number of aryl methyl sites for hydroxylation is 1. The van der Waals surface area contributed by atoms with Crippen LogP contribution in [0.2, 0.25) is 20.1 Å². The van der Waals surface area contributed by atoms with Gasteiger partial charge >= 0.3 is 0 Å². The number of benzene rings is 4. The van der Waals surface area contributed by atoms with Gasteiger partial charge in [0.2, 0.25) is 11.8 Å². The minimum Gasteiger partial charge on any atom is -0.354 e. The van der Waals surface area contributed by atoms with Crippen LogP contribution in [0.15, 0.2) is 95.9 Å². The second kappa shape index (κ2) is 16.7. The Kier molecular flexibility index (Phi) is 13.0. The number of amides is 2.